The Balaban J connectivity index is 2.66. The van der Waals surface area contributed by atoms with E-state index in [0.29, 0.717) is 27.3 Å². The Hall–Kier alpha value is -0.310. The molecule has 0 radical (unpaired) electrons. The summed E-state index contributed by atoms with van der Waals surface area (Å²) in [6, 6.07) is 3.21. The number of hydrogen-bond donors (Lipinski definition) is 0. The first-order valence-electron chi connectivity index (χ1n) is 5.17. The molecule has 1 aromatic rings. The van der Waals surface area contributed by atoms with Gasteiger partial charge in [0.1, 0.15) is 5.69 Å². The third-order valence-corrected chi connectivity index (χ3v) is 2.81. The number of halogens is 3. The van der Waals surface area contributed by atoms with Crippen LogP contribution in [0.4, 0.5) is 5.69 Å². The van der Waals surface area contributed by atoms with Crippen molar-refractivity contribution in [2.75, 3.05) is 6.54 Å². The lowest BCUT2D eigenvalue weighted by Gasteiger charge is -2.01. The molecule has 0 aliphatic rings. The first-order valence-corrected chi connectivity index (χ1v) is 6.30. The molecular formula is C11H13Cl3N2. The van der Waals surface area contributed by atoms with Crippen molar-refractivity contribution in [2.24, 2.45) is 10.2 Å². The lowest BCUT2D eigenvalue weighted by atomic mass is 10.3. The maximum atomic E-state index is 5.95. The second-order valence-corrected chi connectivity index (χ2v) is 4.64. The third-order valence-electron chi connectivity index (χ3n) is 2.01. The second-order valence-electron chi connectivity index (χ2n) is 3.39. The lowest BCUT2D eigenvalue weighted by molar-refractivity contribution is 0.713. The molecule has 0 bridgehead atoms. The van der Waals surface area contributed by atoms with Crippen LogP contribution in [0.1, 0.15) is 26.2 Å². The molecule has 2 nitrogen and oxygen atoms in total. The van der Waals surface area contributed by atoms with Gasteiger partial charge in [-0.15, -0.1) is 0 Å². The predicted molar refractivity (Wildman–Crippen MR) is 70.4 cm³/mol. The van der Waals surface area contributed by atoms with Gasteiger partial charge in [-0.3, -0.25) is 0 Å². The van der Waals surface area contributed by atoms with Crippen molar-refractivity contribution in [3.8, 4) is 0 Å². The fourth-order valence-electron chi connectivity index (χ4n) is 1.18. The average molecular weight is 280 g/mol. The fourth-order valence-corrected chi connectivity index (χ4v) is 2.08. The summed E-state index contributed by atoms with van der Waals surface area (Å²) < 4.78 is 0. The van der Waals surface area contributed by atoms with Crippen LogP contribution < -0.4 is 0 Å². The molecule has 0 fully saturated rings. The summed E-state index contributed by atoms with van der Waals surface area (Å²) in [6.45, 7) is 2.84. The van der Waals surface area contributed by atoms with E-state index >= 15 is 0 Å². The minimum Gasteiger partial charge on any atom is -0.189 e. The van der Waals surface area contributed by atoms with E-state index in [1.54, 1.807) is 12.1 Å². The minimum absolute atomic E-state index is 0.428. The van der Waals surface area contributed by atoms with Crippen molar-refractivity contribution in [3.05, 3.63) is 27.2 Å². The number of hydrogen-bond acceptors (Lipinski definition) is 2. The number of unbranched alkanes of at least 4 members (excludes halogenated alkanes) is 2. The molecule has 0 unspecified atom stereocenters. The average Bonchev–Trinajstić information content (AvgIpc) is 2.20. The molecule has 0 amide bonds. The van der Waals surface area contributed by atoms with E-state index in [9.17, 15) is 0 Å². The van der Waals surface area contributed by atoms with Crippen LogP contribution in [0, 0.1) is 0 Å². The van der Waals surface area contributed by atoms with Crippen molar-refractivity contribution in [3.63, 3.8) is 0 Å². The molecule has 0 heterocycles. The van der Waals surface area contributed by atoms with Crippen LogP contribution in [-0.2, 0) is 0 Å². The predicted octanol–water partition coefficient (Wildman–Crippen LogP) is 5.92. The van der Waals surface area contributed by atoms with Gasteiger partial charge in [-0.25, -0.2) is 0 Å². The van der Waals surface area contributed by atoms with Crippen LogP contribution in [0.5, 0.6) is 0 Å². The standard InChI is InChI=1S/C11H13Cl3N2/c1-2-3-4-5-15-16-11-9(13)6-8(12)7-10(11)14/h6-7H,2-5H2,1H3. The van der Waals surface area contributed by atoms with E-state index in [4.69, 9.17) is 34.8 Å². The van der Waals surface area contributed by atoms with Gasteiger partial charge in [0, 0.05) is 5.02 Å². The third kappa shape index (κ3) is 4.28. The van der Waals surface area contributed by atoms with Gasteiger partial charge in [-0.1, -0.05) is 54.6 Å². The zero-order valence-corrected chi connectivity index (χ0v) is 11.3. The molecule has 1 rings (SSSR count). The van der Waals surface area contributed by atoms with Crippen molar-refractivity contribution in [2.45, 2.75) is 26.2 Å². The van der Waals surface area contributed by atoms with Crippen molar-refractivity contribution in [1.82, 2.24) is 0 Å². The summed E-state index contributed by atoms with van der Waals surface area (Å²) in [5.41, 5.74) is 0.490. The van der Waals surface area contributed by atoms with E-state index in [1.807, 2.05) is 0 Å². The van der Waals surface area contributed by atoms with Gasteiger partial charge in [0.25, 0.3) is 0 Å². The Morgan fingerprint density at radius 2 is 1.69 bits per heavy atom. The molecule has 0 saturated carbocycles. The van der Waals surface area contributed by atoms with Gasteiger partial charge in [-0.2, -0.15) is 10.2 Å². The van der Waals surface area contributed by atoms with E-state index in [-0.39, 0.29) is 0 Å². The topological polar surface area (TPSA) is 24.7 Å². The largest absolute Gasteiger partial charge is 0.189 e. The molecular weight excluding hydrogens is 266 g/mol. The molecule has 88 valence electrons. The number of rotatable bonds is 5. The summed E-state index contributed by atoms with van der Waals surface area (Å²) in [5.74, 6) is 0. The molecule has 16 heavy (non-hydrogen) atoms. The zero-order chi connectivity index (χ0) is 12.0. The monoisotopic (exact) mass is 278 g/mol. The highest BCUT2D eigenvalue weighted by Crippen LogP contribution is 2.36. The maximum Gasteiger partial charge on any atom is 0.122 e. The summed E-state index contributed by atoms with van der Waals surface area (Å²) in [7, 11) is 0. The first kappa shape index (κ1) is 13.8. The molecule has 0 N–H and O–H groups in total. The number of azo groups is 1. The highest BCUT2D eigenvalue weighted by atomic mass is 35.5. The molecule has 5 heteroatoms. The Morgan fingerprint density at radius 1 is 1.06 bits per heavy atom. The van der Waals surface area contributed by atoms with Gasteiger partial charge in [0.05, 0.1) is 16.6 Å². The quantitative estimate of drug-likeness (QED) is 0.472. The highest BCUT2D eigenvalue weighted by molar-refractivity contribution is 6.41. The zero-order valence-electron chi connectivity index (χ0n) is 9.01. The lowest BCUT2D eigenvalue weighted by Crippen LogP contribution is -1.79. The molecule has 0 atom stereocenters. The molecule has 1 aromatic carbocycles. The summed E-state index contributed by atoms with van der Waals surface area (Å²) in [6.07, 6.45) is 3.35. The number of nitrogens with zero attached hydrogens (tertiary/aromatic N) is 2. The summed E-state index contributed by atoms with van der Waals surface area (Å²) in [4.78, 5) is 0. The number of benzene rings is 1. The van der Waals surface area contributed by atoms with E-state index in [1.165, 1.54) is 0 Å². The smallest absolute Gasteiger partial charge is 0.122 e. The van der Waals surface area contributed by atoms with Gasteiger partial charge in [-0.05, 0) is 18.6 Å². The minimum atomic E-state index is 0.428. The van der Waals surface area contributed by atoms with Gasteiger partial charge < -0.3 is 0 Å². The van der Waals surface area contributed by atoms with Crippen LogP contribution in [0.3, 0.4) is 0 Å². The van der Waals surface area contributed by atoms with Crippen LogP contribution in [-0.4, -0.2) is 6.54 Å². The summed E-state index contributed by atoms with van der Waals surface area (Å²) >= 11 is 17.7. The fraction of sp³-hybridized carbons (Fsp3) is 0.455. The normalized spacial score (nSPS) is 11.2. The van der Waals surface area contributed by atoms with Crippen molar-refractivity contribution >= 4 is 40.5 Å². The van der Waals surface area contributed by atoms with Gasteiger partial charge in [0.15, 0.2) is 0 Å². The van der Waals surface area contributed by atoms with Crippen molar-refractivity contribution in [1.29, 1.82) is 0 Å². The SMILES string of the molecule is CCCCCN=Nc1c(Cl)cc(Cl)cc1Cl. The highest BCUT2D eigenvalue weighted by Gasteiger charge is 2.06. The van der Waals surface area contributed by atoms with E-state index < -0.39 is 0 Å². The Morgan fingerprint density at radius 3 is 2.25 bits per heavy atom. The Kier molecular flexibility index (Phi) is 6.10. The van der Waals surface area contributed by atoms with E-state index in [2.05, 4.69) is 17.2 Å². The second kappa shape index (κ2) is 7.10. The Labute approximate surface area is 111 Å². The van der Waals surface area contributed by atoms with Crippen LogP contribution in [0.2, 0.25) is 15.1 Å². The van der Waals surface area contributed by atoms with Gasteiger partial charge >= 0.3 is 0 Å². The van der Waals surface area contributed by atoms with Crippen molar-refractivity contribution < 1.29 is 0 Å². The summed E-state index contributed by atoms with van der Waals surface area (Å²) in [5, 5.41) is 9.42. The van der Waals surface area contributed by atoms with Crippen LogP contribution >= 0.6 is 34.8 Å². The van der Waals surface area contributed by atoms with Crippen LogP contribution in [0.25, 0.3) is 0 Å². The van der Waals surface area contributed by atoms with E-state index in [0.717, 1.165) is 19.3 Å². The first-order chi connectivity index (χ1) is 7.65. The Bertz CT molecular complexity index is 354. The van der Waals surface area contributed by atoms with Crippen LogP contribution in [0.15, 0.2) is 22.4 Å². The molecule has 0 aliphatic carbocycles. The molecule has 0 spiro atoms. The maximum absolute atomic E-state index is 5.95. The molecule has 0 saturated heterocycles. The van der Waals surface area contributed by atoms with Gasteiger partial charge in [0.2, 0.25) is 0 Å². The molecule has 0 aromatic heterocycles. The molecule has 0 aliphatic heterocycles.